The van der Waals surface area contributed by atoms with Gasteiger partial charge in [0.05, 0.1) is 0 Å². The van der Waals surface area contributed by atoms with Gasteiger partial charge in [-0.1, -0.05) is 60.7 Å². The molecule has 0 bridgehead atoms. The van der Waals surface area contributed by atoms with E-state index in [1.165, 1.54) is 5.56 Å². The summed E-state index contributed by atoms with van der Waals surface area (Å²) in [5.41, 5.74) is 2.27. The van der Waals surface area contributed by atoms with Crippen molar-refractivity contribution in [3.05, 3.63) is 96.1 Å². The van der Waals surface area contributed by atoms with Crippen molar-refractivity contribution in [3.8, 4) is 11.5 Å². The molecule has 0 aliphatic rings. The third kappa shape index (κ3) is 5.20. The molecule has 0 heterocycles. The first-order chi connectivity index (χ1) is 12.2. The molecular weight excluding hydrogens is 332 g/mol. The Morgan fingerprint density at radius 3 is 1.96 bits per heavy atom. The molecule has 0 fully saturated rings. The van der Waals surface area contributed by atoms with Crippen molar-refractivity contribution >= 4 is 16.8 Å². The number of hydrogen-bond donors (Lipinski definition) is 0. The molecule has 0 aromatic heterocycles. The van der Waals surface area contributed by atoms with E-state index in [1.807, 2.05) is 72.8 Å². The molecule has 0 amide bonds. The molecule has 1 unspecified atom stereocenters. The van der Waals surface area contributed by atoms with Crippen LogP contribution in [-0.2, 0) is 11.2 Å². The van der Waals surface area contributed by atoms with Gasteiger partial charge in [0, 0.05) is 6.42 Å². The van der Waals surface area contributed by atoms with E-state index in [-0.39, 0.29) is 11.2 Å². The zero-order chi connectivity index (χ0) is 17.5. The molecular formula is C22H19ClO2. The summed E-state index contributed by atoms with van der Waals surface area (Å²) < 4.78 is 5.82. The average molecular weight is 351 g/mol. The fourth-order valence-electron chi connectivity index (χ4n) is 2.83. The number of rotatable bonds is 7. The van der Waals surface area contributed by atoms with E-state index in [0.29, 0.717) is 6.42 Å². The quantitative estimate of drug-likeness (QED) is 0.491. The third-order valence-electron chi connectivity index (χ3n) is 4.06. The van der Waals surface area contributed by atoms with Gasteiger partial charge >= 0.3 is 0 Å². The van der Waals surface area contributed by atoms with Crippen molar-refractivity contribution in [1.29, 1.82) is 0 Å². The molecule has 126 valence electrons. The summed E-state index contributed by atoms with van der Waals surface area (Å²) in [4.78, 5) is 11.5. The van der Waals surface area contributed by atoms with Crippen LogP contribution in [0.1, 0.15) is 23.5 Å². The van der Waals surface area contributed by atoms with Crippen LogP contribution in [0.3, 0.4) is 0 Å². The van der Waals surface area contributed by atoms with Crippen molar-refractivity contribution < 1.29 is 9.53 Å². The first kappa shape index (κ1) is 17.2. The molecule has 2 nitrogen and oxygen atoms in total. The summed E-state index contributed by atoms with van der Waals surface area (Å²) in [6.45, 7) is 0. The van der Waals surface area contributed by atoms with E-state index in [0.717, 1.165) is 23.5 Å². The number of para-hydroxylation sites is 1. The summed E-state index contributed by atoms with van der Waals surface area (Å²) in [5.74, 6) is 1.62. The highest BCUT2D eigenvalue weighted by Gasteiger charge is 2.16. The molecule has 0 N–H and O–H groups in total. The lowest BCUT2D eigenvalue weighted by Gasteiger charge is -2.16. The summed E-state index contributed by atoms with van der Waals surface area (Å²) in [6.07, 6.45) is 1.09. The van der Waals surface area contributed by atoms with Crippen LogP contribution in [0.5, 0.6) is 11.5 Å². The molecule has 25 heavy (non-hydrogen) atoms. The van der Waals surface area contributed by atoms with Gasteiger partial charge in [0.25, 0.3) is 0 Å². The van der Waals surface area contributed by atoms with Gasteiger partial charge in [0.15, 0.2) is 0 Å². The van der Waals surface area contributed by atoms with E-state index in [1.54, 1.807) is 0 Å². The Balaban J connectivity index is 1.75. The Morgan fingerprint density at radius 2 is 1.36 bits per heavy atom. The largest absolute Gasteiger partial charge is 0.457 e. The SMILES string of the molecule is O=C(Cl)CC(Cc1ccccc1)c1ccc(Oc2ccccc2)cc1. The first-order valence-electron chi connectivity index (χ1n) is 8.26. The van der Waals surface area contributed by atoms with Gasteiger partial charge in [-0.25, -0.2) is 0 Å². The van der Waals surface area contributed by atoms with Gasteiger partial charge in [0.1, 0.15) is 11.5 Å². The Labute approximate surface area is 153 Å². The predicted octanol–water partition coefficient (Wildman–Crippen LogP) is 5.96. The number of benzene rings is 3. The zero-order valence-electron chi connectivity index (χ0n) is 13.8. The lowest BCUT2D eigenvalue weighted by molar-refractivity contribution is -0.112. The van der Waals surface area contributed by atoms with Crippen LogP contribution >= 0.6 is 11.6 Å². The van der Waals surface area contributed by atoms with Crippen LogP contribution < -0.4 is 4.74 Å². The maximum atomic E-state index is 11.5. The minimum Gasteiger partial charge on any atom is -0.457 e. The average Bonchev–Trinajstić information content (AvgIpc) is 2.63. The Kier molecular flexibility index (Phi) is 5.86. The van der Waals surface area contributed by atoms with E-state index < -0.39 is 0 Å². The fraction of sp³-hybridized carbons (Fsp3) is 0.136. The van der Waals surface area contributed by atoms with Crippen molar-refractivity contribution in [1.82, 2.24) is 0 Å². The zero-order valence-corrected chi connectivity index (χ0v) is 14.5. The van der Waals surface area contributed by atoms with Gasteiger partial charge in [-0.05, 0) is 59.3 Å². The molecule has 3 heteroatoms. The second kappa shape index (κ2) is 8.50. The smallest absolute Gasteiger partial charge is 0.222 e. The van der Waals surface area contributed by atoms with E-state index in [9.17, 15) is 4.79 Å². The topological polar surface area (TPSA) is 26.3 Å². The fourth-order valence-corrected chi connectivity index (χ4v) is 3.02. The second-order valence-electron chi connectivity index (χ2n) is 5.93. The Morgan fingerprint density at radius 1 is 0.800 bits per heavy atom. The molecule has 3 aromatic carbocycles. The van der Waals surface area contributed by atoms with Crippen LogP contribution in [0.4, 0.5) is 0 Å². The molecule has 0 saturated carbocycles. The summed E-state index contributed by atoms with van der Waals surface area (Å²) >= 11 is 5.66. The standard InChI is InChI=1S/C22H19ClO2/c23-22(24)16-19(15-17-7-3-1-4-8-17)18-11-13-21(14-12-18)25-20-9-5-2-6-10-20/h1-14,19H,15-16H2. The second-order valence-corrected chi connectivity index (χ2v) is 6.35. The number of carbonyl (C=O) groups is 1. The number of halogens is 1. The maximum absolute atomic E-state index is 11.5. The van der Waals surface area contributed by atoms with Gasteiger partial charge in [0.2, 0.25) is 5.24 Å². The Bertz CT molecular complexity index is 798. The summed E-state index contributed by atoms with van der Waals surface area (Å²) in [6, 6.07) is 27.7. The molecule has 1 atom stereocenters. The van der Waals surface area contributed by atoms with Crippen molar-refractivity contribution in [3.63, 3.8) is 0 Å². The van der Waals surface area contributed by atoms with Gasteiger partial charge < -0.3 is 4.74 Å². The molecule has 0 spiro atoms. The van der Waals surface area contributed by atoms with Crippen LogP contribution in [0.2, 0.25) is 0 Å². The van der Waals surface area contributed by atoms with Crippen molar-refractivity contribution in [2.24, 2.45) is 0 Å². The highest BCUT2D eigenvalue weighted by Crippen LogP contribution is 2.28. The Hall–Kier alpha value is -2.58. The van der Waals surface area contributed by atoms with Gasteiger partial charge in [-0.2, -0.15) is 0 Å². The minimum atomic E-state index is -0.314. The summed E-state index contributed by atoms with van der Waals surface area (Å²) in [5, 5.41) is -0.314. The number of ether oxygens (including phenoxy) is 1. The molecule has 0 aliphatic heterocycles. The van der Waals surface area contributed by atoms with Gasteiger partial charge in [-0.3, -0.25) is 4.79 Å². The van der Waals surface area contributed by atoms with Crippen LogP contribution in [-0.4, -0.2) is 5.24 Å². The highest BCUT2D eigenvalue weighted by atomic mass is 35.5. The lowest BCUT2D eigenvalue weighted by atomic mass is 9.89. The molecule has 0 aliphatic carbocycles. The van der Waals surface area contributed by atoms with E-state index >= 15 is 0 Å². The third-order valence-corrected chi connectivity index (χ3v) is 4.22. The maximum Gasteiger partial charge on any atom is 0.222 e. The molecule has 3 rings (SSSR count). The van der Waals surface area contributed by atoms with Crippen LogP contribution in [0.25, 0.3) is 0 Å². The predicted molar refractivity (Wildman–Crippen MR) is 101 cm³/mol. The van der Waals surface area contributed by atoms with E-state index in [2.05, 4.69) is 12.1 Å². The van der Waals surface area contributed by atoms with Crippen LogP contribution in [0.15, 0.2) is 84.9 Å². The van der Waals surface area contributed by atoms with Crippen molar-refractivity contribution in [2.45, 2.75) is 18.8 Å². The normalized spacial score (nSPS) is 11.7. The van der Waals surface area contributed by atoms with E-state index in [4.69, 9.17) is 16.3 Å². The van der Waals surface area contributed by atoms with Crippen LogP contribution in [0, 0.1) is 0 Å². The summed E-state index contributed by atoms with van der Waals surface area (Å²) in [7, 11) is 0. The first-order valence-corrected chi connectivity index (χ1v) is 8.63. The molecule has 0 saturated heterocycles. The minimum absolute atomic E-state index is 0.0539. The number of carbonyl (C=O) groups excluding carboxylic acids is 1. The van der Waals surface area contributed by atoms with Gasteiger partial charge in [-0.15, -0.1) is 0 Å². The molecule has 0 radical (unpaired) electrons. The monoisotopic (exact) mass is 350 g/mol. The molecule has 3 aromatic rings. The lowest BCUT2D eigenvalue weighted by Crippen LogP contribution is -2.06. The van der Waals surface area contributed by atoms with Crippen molar-refractivity contribution in [2.75, 3.05) is 0 Å². The highest BCUT2D eigenvalue weighted by molar-refractivity contribution is 6.63. The number of hydrogen-bond acceptors (Lipinski definition) is 2.